The average molecular weight is 453 g/mol. The van der Waals surface area contributed by atoms with Gasteiger partial charge in [0.15, 0.2) is 0 Å². The van der Waals surface area contributed by atoms with Gasteiger partial charge in [-0.3, -0.25) is 9.59 Å². The molecule has 0 spiro atoms. The number of aliphatic hydroxyl groups is 1. The van der Waals surface area contributed by atoms with Gasteiger partial charge in [0.1, 0.15) is 11.5 Å². The summed E-state index contributed by atoms with van der Waals surface area (Å²) in [5.74, 6) is -1.26. The van der Waals surface area contributed by atoms with E-state index < -0.39 is 17.7 Å². The SMILES string of the molecule is CCCCN1C(=O)C(=O)/C(=C(/O)c2cc(Cl)ccc2OC)C1c1c(C)[nH]c2ccccc12. The van der Waals surface area contributed by atoms with Gasteiger partial charge in [-0.25, -0.2) is 0 Å². The van der Waals surface area contributed by atoms with Gasteiger partial charge in [0.05, 0.1) is 24.3 Å². The Balaban J connectivity index is 2.01. The summed E-state index contributed by atoms with van der Waals surface area (Å²) in [6, 6.07) is 11.8. The number of nitrogens with zero attached hydrogens (tertiary/aromatic N) is 1. The number of fused-ring (bicyclic) bond motifs is 1. The molecule has 1 amide bonds. The van der Waals surface area contributed by atoms with E-state index in [2.05, 4.69) is 4.98 Å². The van der Waals surface area contributed by atoms with Crippen LogP contribution in [-0.4, -0.2) is 40.3 Å². The standard InChI is InChI=1S/C25H25ClN2O4/c1-4-5-12-28-22(20-14(2)27-18-9-7-6-8-16(18)20)21(24(30)25(28)31)23(29)17-13-15(26)10-11-19(17)32-3/h6-11,13,22,27,29H,4-5,12H2,1-3H3/b23-21+. The largest absolute Gasteiger partial charge is 0.507 e. The van der Waals surface area contributed by atoms with Gasteiger partial charge in [-0.05, 0) is 37.6 Å². The molecule has 1 aromatic heterocycles. The molecular weight excluding hydrogens is 428 g/mol. The lowest BCUT2D eigenvalue weighted by molar-refractivity contribution is -0.139. The highest BCUT2D eigenvalue weighted by atomic mass is 35.5. The molecular formula is C25H25ClN2O4. The van der Waals surface area contributed by atoms with Gasteiger partial charge in [0.25, 0.3) is 11.7 Å². The van der Waals surface area contributed by atoms with Crippen LogP contribution in [0, 0.1) is 6.92 Å². The van der Waals surface area contributed by atoms with Crippen LogP contribution in [0.4, 0.5) is 0 Å². The van der Waals surface area contributed by atoms with Crippen molar-refractivity contribution in [1.29, 1.82) is 0 Å². The molecule has 32 heavy (non-hydrogen) atoms. The van der Waals surface area contributed by atoms with Crippen LogP contribution < -0.4 is 4.74 Å². The first kappa shape index (κ1) is 22.0. The van der Waals surface area contributed by atoms with E-state index in [1.165, 1.54) is 13.2 Å². The highest BCUT2D eigenvalue weighted by Gasteiger charge is 2.47. The van der Waals surface area contributed by atoms with Gasteiger partial charge in [-0.1, -0.05) is 43.1 Å². The molecule has 0 radical (unpaired) electrons. The molecule has 4 rings (SSSR count). The van der Waals surface area contributed by atoms with Crippen LogP contribution in [0.2, 0.25) is 5.02 Å². The van der Waals surface area contributed by atoms with Crippen molar-refractivity contribution in [3.8, 4) is 5.75 Å². The fourth-order valence-electron chi connectivity index (χ4n) is 4.40. The molecule has 0 saturated carbocycles. The summed E-state index contributed by atoms with van der Waals surface area (Å²) in [7, 11) is 1.47. The number of ether oxygens (including phenoxy) is 1. The number of unbranched alkanes of at least 4 members (excludes halogenated alkanes) is 1. The number of carbonyl (C=O) groups excluding carboxylic acids is 2. The van der Waals surface area contributed by atoms with Crippen molar-refractivity contribution < 1.29 is 19.4 Å². The number of para-hydroxylation sites is 1. The minimum absolute atomic E-state index is 0.0412. The van der Waals surface area contributed by atoms with Gasteiger partial charge in [0.2, 0.25) is 0 Å². The van der Waals surface area contributed by atoms with E-state index in [0.29, 0.717) is 17.3 Å². The zero-order valence-corrected chi connectivity index (χ0v) is 19.0. The Bertz CT molecular complexity index is 1240. The first-order valence-corrected chi connectivity index (χ1v) is 11.0. The molecule has 1 fully saturated rings. The van der Waals surface area contributed by atoms with Crippen LogP contribution in [0.1, 0.15) is 42.6 Å². The number of carbonyl (C=O) groups is 2. The number of hydrogen-bond acceptors (Lipinski definition) is 4. The van der Waals surface area contributed by atoms with Crippen LogP contribution in [-0.2, 0) is 9.59 Å². The van der Waals surface area contributed by atoms with E-state index in [1.54, 1.807) is 17.0 Å². The quantitative estimate of drug-likeness (QED) is 0.299. The number of hydrogen-bond donors (Lipinski definition) is 2. The molecule has 2 aromatic carbocycles. The Labute approximate surface area is 191 Å². The maximum Gasteiger partial charge on any atom is 0.295 e. The maximum absolute atomic E-state index is 13.2. The lowest BCUT2D eigenvalue weighted by atomic mass is 9.93. The maximum atomic E-state index is 13.2. The second kappa shape index (κ2) is 8.71. The molecule has 1 unspecified atom stereocenters. The smallest absolute Gasteiger partial charge is 0.295 e. The van der Waals surface area contributed by atoms with Crippen molar-refractivity contribution in [2.75, 3.05) is 13.7 Å². The number of H-pyrrole nitrogens is 1. The van der Waals surface area contributed by atoms with Crippen molar-refractivity contribution in [1.82, 2.24) is 9.88 Å². The van der Waals surface area contributed by atoms with Gasteiger partial charge >= 0.3 is 0 Å². The van der Waals surface area contributed by atoms with Crippen molar-refractivity contribution in [3.05, 3.63) is 69.9 Å². The normalized spacial score (nSPS) is 18.0. The van der Waals surface area contributed by atoms with E-state index in [9.17, 15) is 14.7 Å². The third-order valence-electron chi connectivity index (χ3n) is 5.93. The summed E-state index contributed by atoms with van der Waals surface area (Å²) < 4.78 is 5.39. The number of rotatable bonds is 6. The van der Waals surface area contributed by atoms with Gasteiger partial charge in [-0.2, -0.15) is 0 Å². The Morgan fingerprint density at radius 3 is 2.69 bits per heavy atom. The summed E-state index contributed by atoms with van der Waals surface area (Å²) in [4.78, 5) is 31.2. The monoisotopic (exact) mass is 452 g/mol. The number of likely N-dealkylation sites (tertiary alicyclic amines) is 1. The lowest BCUT2D eigenvalue weighted by Crippen LogP contribution is -2.30. The molecule has 6 nitrogen and oxygen atoms in total. The van der Waals surface area contributed by atoms with E-state index in [1.807, 2.05) is 38.1 Å². The Morgan fingerprint density at radius 1 is 1.22 bits per heavy atom. The number of aromatic nitrogens is 1. The van der Waals surface area contributed by atoms with Crippen LogP contribution in [0.15, 0.2) is 48.0 Å². The molecule has 2 N–H and O–H groups in total. The van der Waals surface area contributed by atoms with Crippen LogP contribution in [0.3, 0.4) is 0 Å². The number of aryl methyl sites for hydroxylation is 1. The third-order valence-corrected chi connectivity index (χ3v) is 6.16. The molecule has 1 aliphatic rings. The van der Waals surface area contributed by atoms with Crippen molar-refractivity contribution in [2.24, 2.45) is 0 Å². The second-order valence-corrected chi connectivity index (χ2v) is 8.34. The van der Waals surface area contributed by atoms with Crippen molar-refractivity contribution in [3.63, 3.8) is 0 Å². The molecule has 166 valence electrons. The van der Waals surface area contributed by atoms with E-state index >= 15 is 0 Å². The summed E-state index contributed by atoms with van der Waals surface area (Å²) in [6.07, 6.45) is 1.61. The topological polar surface area (TPSA) is 82.6 Å². The number of halogens is 1. The molecule has 0 bridgehead atoms. The summed E-state index contributed by atoms with van der Waals surface area (Å²) in [6.45, 7) is 4.35. The van der Waals surface area contributed by atoms with Gasteiger partial charge in [0, 0.05) is 33.7 Å². The first-order valence-electron chi connectivity index (χ1n) is 10.6. The number of aromatic amines is 1. The highest BCUT2D eigenvalue weighted by molar-refractivity contribution is 6.46. The van der Waals surface area contributed by atoms with Gasteiger partial charge < -0.3 is 19.7 Å². The highest BCUT2D eigenvalue weighted by Crippen LogP contribution is 2.44. The molecule has 7 heteroatoms. The number of Topliss-reactive ketones (excluding diaryl/α,β-unsaturated/α-hetero) is 1. The Hall–Kier alpha value is -3.25. The number of ketones is 1. The summed E-state index contributed by atoms with van der Waals surface area (Å²) in [5.41, 5.74) is 2.86. The van der Waals surface area contributed by atoms with E-state index in [0.717, 1.165) is 35.0 Å². The lowest BCUT2D eigenvalue weighted by Gasteiger charge is -2.25. The fourth-order valence-corrected chi connectivity index (χ4v) is 4.57. The van der Waals surface area contributed by atoms with Crippen LogP contribution in [0.5, 0.6) is 5.75 Å². The van der Waals surface area contributed by atoms with E-state index in [4.69, 9.17) is 16.3 Å². The molecule has 0 aliphatic carbocycles. The van der Waals surface area contributed by atoms with Crippen molar-refractivity contribution in [2.45, 2.75) is 32.7 Å². The average Bonchev–Trinajstić information content (AvgIpc) is 3.24. The summed E-state index contributed by atoms with van der Waals surface area (Å²) in [5, 5.41) is 12.6. The fraction of sp³-hybridized carbons (Fsp3) is 0.280. The molecule has 2 heterocycles. The number of aliphatic hydroxyl groups excluding tert-OH is 1. The molecule has 1 saturated heterocycles. The zero-order valence-electron chi connectivity index (χ0n) is 18.2. The predicted molar refractivity (Wildman–Crippen MR) is 125 cm³/mol. The third kappa shape index (κ3) is 3.54. The van der Waals surface area contributed by atoms with Gasteiger partial charge in [-0.15, -0.1) is 0 Å². The number of amides is 1. The van der Waals surface area contributed by atoms with Crippen LogP contribution >= 0.6 is 11.6 Å². The zero-order chi connectivity index (χ0) is 23.0. The minimum Gasteiger partial charge on any atom is -0.507 e. The minimum atomic E-state index is -0.721. The summed E-state index contributed by atoms with van der Waals surface area (Å²) >= 11 is 6.17. The van der Waals surface area contributed by atoms with Crippen LogP contribution in [0.25, 0.3) is 16.7 Å². The second-order valence-electron chi connectivity index (χ2n) is 7.90. The van der Waals surface area contributed by atoms with Crippen molar-refractivity contribution >= 4 is 40.0 Å². The molecule has 1 aliphatic heterocycles. The van der Waals surface area contributed by atoms with E-state index in [-0.39, 0.29) is 16.9 Å². The number of benzene rings is 2. The molecule has 1 atom stereocenters. The number of methoxy groups -OCH3 is 1. The molecule has 3 aromatic rings. The predicted octanol–water partition coefficient (Wildman–Crippen LogP) is 5.36. The Kier molecular flexibility index (Phi) is 5.98. The first-order chi connectivity index (χ1) is 15.4. The number of nitrogens with one attached hydrogen (secondary N) is 1. The Morgan fingerprint density at radius 2 is 1.97 bits per heavy atom.